The van der Waals surface area contributed by atoms with Gasteiger partial charge in [0.25, 0.3) is 9.05 Å². The number of hydrogen-bond acceptors (Lipinski definition) is 6. The molecule has 0 bridgehead atoms. The first-order chi connectivity index (χ1) is 4.00. The first kappa shape index (κ1) is 36.5. The van der Waals surface area contributed by atoms with Gasteiger partial charge in [-0.3, -0.25) is 9.11 Å². The van der Waals surface area contributed by atoms with Crippen LogP contribution in [-0.2, 0) is 20.2 Å². The van der Waals surface area contributed by atoms with Crippen molar-refractivity contribution in [1.29, 1.82) is 0 Å². The van der Waals surface area contributed by atoms with Crippen molar-refractivity contribution in [3.05, 3.63) is 0 Å². The molecule has 0 spiro atoms. The Morgan fingerprint density at radius 3 is 0.929 bits per heavy atom. The van der Waals surface area contributed by atoms with Crippen molar-refractivity contribution in [2.45, 2.75) is 0 Å². The second-order valence-electron chi connectivity index (χ2n) is 1.05. The Balaban J connectivity index is -0.0000000178. The van der Waals surface area contributed by atoms with E-state index in [1.54, 1.807) is 0 Å². The van der Waals surface area contributed by atoms with Crippen molar-refractivity contribution in [1.82, 2.24) is 0 Å². The summed E-state index contributed by atoms with van der Waals surface area (Å²) in [5, 5.41) is 0. The van der Waals surface area contributed by atoms with E-state index < -0.39 is 18.1 Å². The van der Waals surface area contributed by atoms with Gasteiger partial charge in [0.1, 0.15) is 0 Å². The molecule has 0 fully saturated rings. The molecule has 0 heterocycles. The van der Waals surface area contributed by atoms with Crippen LogP contribution >= 0.6 is 0 Å². The molecule has 0 aliphatic carbocycles. The molecule has 0 aromatic heterocycles. The van der Waals surface area contributed by atoms with Crippen LogP contribution in [0.25, 0.3) is 0 Å². The standard InChI is InChI=1S/3Ca.Na.H4O4Si.H2O3S2.7H/c;;;;2*1-5(2,3)4;;;;;;;/h;;;;1-4H;(H2,1,2,3,4);;;;;;;. The van der Waals surface area contributed by atoms with Crippen molar-refractivity contribution >= 4 is 172 Å². The van der Waals surface area contributed by atoms with Crippen LogP contribution in [0, 0.1) is 0 Å². The minimum absolute atomic E-state index is 0. The van der Waals surface area contributed by atoms with Crippen LogP contribution in [0.4, 0.5) is 0 Å². The summed E-state index contributed by atoms with van der Waals surface area (Å²) in [5.74, 6) is 0. The van der Waals surface area contributed by atoms with E-state index in [2.05, 4.69) is 11.2 Å². The predicted molar refractivity (Wildman–Crippen MR) is 68.2 cm³/mol. The molecule has 0 aliphatic heterocycles. The summed E-state index contributed by atoms with van der Waals surface area (Å²) in [5.41, 5.74) is 0. The molecule has 0 radical (unpaired) electrons. The van der Waals surface area contributed by atoms with Crippen LogP contribution in [0.2, 0.25) is 0 Å². The van der Waals surface area contributed by atoms with Crippen molar-refractivity contribution in [2.75, 3.05) is 0 Å². The molecule has 7 nitrogen and oxygen atoms in total. The second kappa shape index (κ2) is 18.1. The van der Waals surface area contributed by atoms with Crippen molar-refractivity contribution in [3.8, 4) is 0 Å². The Kier molecular flexibility index (Phi) is 47.2. The van der Waals surface area contributed by atoms with E-state index in [1.807, 2.05) is 0 Å². The zero-order valence-corrected chi connectivity index (χ0v) is 7.04. The third-order valence-electron chi connectivity index (χ3n) is 0. The molecule has 14 heavy (non-hydrogen) atoms. The molecule has 78 valence electrons. The average Bonchev–Trinajstić information content (AvgIpc) is 1.12. The van der Waals surface area contributed by atoms with Crippen molar-refractivity contribution < 1.29 is 32.5 Å². The molecule has 14 heteroatoms. The second-order valence-corrected chi connectivity index (χ2v) is 4.45. The van der Waals surface area contributed by atoms with E-state index in [0.717, 1.165) is 0 Å². The van der Waals surface area contributed by atoms with Crippen LogP contribution in [0.15, 0.2) is 0 Å². The van der Waals surface area contributed by atoms with Gasteiger partial charge in [-0.1, -0.05) is 0 Å². The Labute approximate surface area is 199 Å². The molecule has 0 unspecified atom stereocenters. The maximum absolute atomic E-state index is 9.11. The summed E-state index contributed by atoms with van der Waals surface area (Å²) < 4.78 is 24.0. The predicted octanol–water partition coefficient (Wildman–Crippen LogP) is -6.33. The third kappa shape index (κ3) is 169. The van der Waals surface area contributed by atoms with E-state index in [0.29, 0.717) is 0 Å². The zero-order valence-electron chi connectivity index (χ0n) is 4.41. The Hall–Kier alpha value is 5.13. The zero-order chi connectivity index (χ0) is 9.00. The molecule has 6 N–H and O–H groups in total. The van der Waals surface area contributed by atoms with Gasteiger partial charge < -0.3 is 19.2 Å². The van der Waals surface area contributed by atoms with Gasteiger partial charge >= 0.3 is 152 Å². The molecule has 0 saturated heterocycles. The molecule has 0 atom stereocenters. The van der Waals surface area contributed by atoms with Gasteiger partial charge in [-0.15, -0.1) is 0 Å². The number of hydrogen-bond donors (Lipinski definition) is 6. The SMILES string of the molecule is O=S(O)(O)=S.O[Si](O)(O)O.[CaH2].[CaH2].[CaH2].[NaH]. The van der Waals surface area contributed by atoms with Gasteiger partial charge in [-0.2, -0.15) is 4.21 Å². The van der Waals surface area contributed by atoms with Gasteiger partial charge in [-0.05, 0) is 0 Å². The molecule has 0 aromatic rings. The van der Waals surface area contributed by atoms with Gasteiger partial charge in [0.05, 0.1) is 0 Å². The van der Waals surface area contributed by atoms with E-state index in [1.165, 1.54) is 0 Å². The first-order valence-electron chi connectivity index (χ1n) is 1.59. The molecular formula is H13Ca3NaO7S2Si. The molecule has 0 rings (SSSR count). The summed E-state index contributed by atoms with van der Waals surface area (Å²) in [6.45, 7) is 0. The fraction of sp³-hybridized carbons (Fsp3) is 0. The average molecular weight is 361 g/mol. The Bertz CT molecular complexity index is 162. The quantitative estimate of drug-likeness (QED) is 0.235. The van der Waals surface area contributed by atoms with Gasteiger partial charge in [0, 0.05) is 11.2 Å². The fourth-order valence-electron chi connectivity index (χ4n) is 0. The van der Waals surface area contributed by atoms with Gasteiger partial charge in [0.15, 0.2) is 0 Å². The van der Waals surface area contributed by atoms with Crippen LogP contribution < -0.4 is 0 Å². The summed E-state index contributed by atoms with van der Waals surface area (Å²) in [4.78, 5) is 29.3. The van der Waals surface area contributed by atoms with E-state index in [9.17, 15) is 0 Å². The Morgan fingerprint density at radius 2 is 0.929 bits per heavy atom. The molecule has 0 aliphatic rings. The summed E-state index contributed by atoms with van der Waals surface area (Å²) in [6.07, 6.45) is 0. The topological polar surface area (TPSA) is 138 Å². The Morgan fingerprint density at radius 1 is 0.929 bits per heavy atom. The normalized spacial score (nSPS) is 8.43. The molecular weight excluding hydrogens is 347 g/mol. The molecule has 0 saturated carbocycles. The van der Waals surface area contributed by atoms with Crippen molar-refractivity contribution in [3.63, 3.8) is 0 Å². The van der Waals surface area contributed by atoms with Gasteiger partial charge in [0.2, 0.25) is 0 Å². The van der Waals surface area contributed by atoms with Gasteiger partial charge in [-0.25, -0.2) is 0 Å². The summed E-state index contributed by atoms with van der Waals surface area (Å²) in [7, 11) is -8.44. The minimum atomic E-state index is -4.61. The van der Waals surface area contributed by atoms with E-state index in [4.69, 9.17) is 32.5 Å². The fourth-order valence-corrected chi connectivity index (χ4v) is 0. The monoisotopic (exact) mass is 360 g/mol. The third-order valence-corrected chi connectivity index (χ3v) is 0. The van der Waals surface area contributed by atoms with Crippen LogP contribution in [0.1, 0.15) is 0 Å². The summed E-state index contributed by atoms with van der Waals surface area (Å²) in [6, 6.07) is 0. The van der Waals surface area contributed by atoms with Crippen LogP contribution in [0.5, 0.6) is 0 Å². The first-order valence-corrected chi connectivity index (χ1v) is 5.78. The van der Waals surface area contributed by atoms with Crippen molar-refractivity contribution in [2.24, 2.45) is 0 Å². The van der Waals surface area contributed by atoms with Crippen LogP contribution in [0.3, 0.4) is 0 Å². The van der Waals surface area contributed by atoms with Crippen LogP contribution in [-0.4, -0.2) is 184 Å². The molecule has 0 aromatic carbocycles. The number of rotatable bonds is 0. The maximum atomic E-state index is 9.11. The summed E-state index contributed by atoms with van der Waals surface area (Å²) >= 11 is 3.47. The van der Waals surface area contributed by atoms with E-state index >= 15 is 0 Å². The van der Waals surface area contributed by atoms with E-state index in [-0.39, 0.29) is 143 Å². The molecule has 0 amide bonds.